The van der Waals surface area contributed by atoms with Gasteiger partial charge in [-0.3, -0.25) is 4.57 Å². The van der Waals surface area contributed by atoms with Crippen molar-refractivity contribution in [2.24, 2.45) is 0 Å². The zero-order valence-electron chi connectivity index (χ0n) is 11.1. The van der Waals surface area contributed by atoms with Crippen molar-refractivity contribution in [1.29, 1.82) is 0 Å². The van der Waals surface area contributed by atoms with Crippen molar-refractivity contribution in [3.05, 3.63) is 11.6 Å². The Balaban J connectivity index is 2.09. The molecule has 0 spiro atoms. The molecular weight excluding hydrogens is 321 g/mol. The Morgan fingerprint density at radius 2 is 2.09 bits per heavy atom. The Hall–Kier alpha value is -1.59. The Bertz CT molecular complexity index is 709. The van der Waals surface area contributed by atoms with Crippen LogP contribution < -0.4 is 5.73 Å². The van der Waals surface area contributed by atoms with E-state index in [1.54, 1.807) is 0 Å². The molecule has 3 rings (SSSR count). The van der Waals surface area contributed by atoms with E-state index in [1.165, 1.54) is 10.9 Å². The van der Waals surface area contributed by atoms with E-state index in [2.05, 4.69) is 15.0 Å². The first-order valence-electron chi connectivity index (χ1n) is 6.31. The number of hydrogen-bond acceptors (Lipinski definition) is 8. The predicted octanol–water partition coefficient (Wildman–Crippen LogP) is -0.987. The van der Waals surface area contributed by atoms with E-state index >= 15 is 0 Å². The highest BCUT2D eigenvalue weighted by molar-refractivity contribution is 6.28. The van der Waals surface area contributed by atoms with Crippen LogP contribution in [0.5, 0.6) is 0 Å². The molecule has 22 heavy (non-hydrogen) atoms. The summed E-state index contributed by atoms with van der Waals surface area (Å²) in [5, 5.41) is 28.4. The van der Waals surface area contributed by atoms with Gasteiger partial charge in [0.2, 0.25) is 5.28 Å². The Labute approximate surface area is 128 Å². The maximum Gasteiger partial charge on any atom is 0.226 e. The predicted molar refractivity (Wildman–Crippen MR) is 72.7 cm³/mol. The molecule has 0 bridgehead atoms. The number of halogens is 2. The first-order valence-corrected chi connectivity index (χ1v) is 6.68. The summed E-state index contributed by atoms with van der Waals surface area (Å²) in [6.45, 7) is -1.52. The zero-order chi connectivity index (χ0) is 16.1. The molecule has 0 amide bonds. The van der Waals surface area contributed by atoms with E-state index in [1.807, 2.05) is 0 Å². The highest BCUT2D eigenvalue weighted by Crippen LogP contribution is 2.40. The standard InChI is InChI=1S/C11H13ClFN5O4/c12-10-16-7(14)5-8(17-10)18(3-15-5)9-4(13)6(21)11(1-19,2-20)22-9/h3-4,6,9,19-21H,1-2H2,(H2,14,16,17)/t4-,6-,9-/m0/s1. The van der Waals surface area contributed by atoms with Gasteiger partial charge in [-0.2, -0.15) is 9.97 Å². The van der Waals surface area contributed by atoms with Gasteiger partial charge in [0.25, 0.3) is 0 Å². The van der Waals surface area contributed by atoms with Crippen molar-refractivity contribution in [2.45, 2.75) is 24.1 Å². The largest absolute Gasteiger partial charge is 0.393 e. The molecule has 0 aliphatic carbocycles. The van der Waals surface area contributed by atoms with E-state index in [9.17, 15) is 19.7 Å². The van der Waals surface area contributed by atoms with Gasteiger partial charge in [-0.1, -0.05) is 0 Å². The highest BCUT2D eigenvalue weighted by Gasteiger charge is 2.55. The maximum atomic E-state index is 14.4. The number of nitrogens with zero attached hydrogens (tertiary/aromatic N) is 4. The summed E-state index contributed by atoms with van der Waals surface area (Å²) in [4.78, 5) is 11.6. The number of ether oxygens (including phenoxy) is 1. The van der Waals surface area contributed by atoms with Crippen molar-refractivity contribution in [3.8, 4) is 0 Å². The van der Waals surface area contributed by atoms with Gasteiger partial charge in [0, 0.05) is 0 Å². The highest BCUT2D eigenvalue weighted by atomic mass is 35.5. The Morgan fingerprint density at radius 1 is 1.41 bits per heavy atom. The summed E-state index contributed by atoms with van der Waals surface area (Å²) in [5.74, 6) is 0.0123. The summed E-state index contributed by atoms with van der Waals surface area (Å²) < 4.78 is 20.9. The summed E-state index contributed by atoms with van der Waals surface area (Å²) in [5.41, 5.74) is 4.15. The molecule has 1 aliphatic rings. The first kappa shape index (κ1) is 15.3. The fourth-order valence-electron chi connectivity index (χ4n) is 2.44. The molecule has 1 fully saturated rings. The van der Waals surface area contributed by atoms with E-state index in [4.69, 9.17) is 22.1 Å². The molecule has 1 aliphatic heterocycles. The van der Waals surface area contributed by atoms with Crippen LogP contribution >= 0.6 is 11.6 Å². The second kappa shape index (κ2) is 5.25. The van der Waals surface area contributed by atoms with E-state index < -0.39 is 37.3 Å². The van der Waals surface area contributed by atoms with Gasteiger partial charge in [0.1, 0.15) is 17.2 Å². The number of rotatable bonds is 3. The molecule has 3 heterocycles. The number of hydrogen-bond donors (Lipinski definition) is 4. The monoisotopic (exact) mass is 333 g/mol. The van der Waals surface area contributed by atoms with Crippen LogP contribution in [0.4, 0.5) is 10.2 Å². The minimum Gasteiger partial charge on any atom is -0.393 e. The number of alkyl halides is 1. The van der Waals surface area contributed by atoms with Gasteiger partial charge in [-0.25, -0.2) is 9.37 Å². The van der Waals surface area contributed by atoms with Gasteiger partial charge < -0.3 is 25.8 Å². The number of aromatic nitrogens is 4. The van der Waals surface area contributed by atoms with Crippen LogP contribution in [-0.4, -0.2) is 65.9 Å². The molecule has 0 radical (unpaired) electrons. The normalized spacial score (nSPS) is 27.6. The number of nitrogen functional groups attached to an aromatic ring is 1. The number of imidazole rings is 1. The maximum absolute atomic E-state index is 14.4. The van der Waals surface area contributed by atoms with Crippen LogP contribution in [0.25, 0.3) is 11.2 Å². The summed E-state index contributed by atoms with van der Waals surface area (Å²) in [6, 6.07) is 0. The number of aliphatic hydroxyl groups is 3. The molecule has 0 aromatic carbocycles. The van der Waals surface area contributed by atoms with Gasteiger partial charge in [-0.05, 0) is 11.6 Å². The molecule has 0 saturated carbocycles. The third kappa shape index (κ3) is 2.03. The average molecular weight is 334 g/mol. The zero-order valence-corrected chi connectivity index (χ0v) is 11.9. The SMILES string of the molecule is Nc1nc(Cl)nc2c1ncn2[C@H]1OC(CO)(CO)[C@@H](O)[C@@H]1F. The summed E-state index contributed by atoms with van der Waals surface area (Å²) in [6.07, 6.45) is -3.79. The number of anilines is 1. The smallest absolute Gasteiger partial charge is 0.226 e. The van der Waals surface area contributed by atoms with Crippen LogP contribution in [0.3, 0.4) is 0 Å². The van der Waals surface area contributed by atoms with Crippen molar-refractivity contribution in [1.82, 2.24) is 19.5 Å². The van der Waals surface area contributed by atoms with Crippen molar-refractivity contribution < 1.29 is 24.4 Å². The molecule has 3 atom stereocenters. The second-order valence-corrected chi connectivity index (χ2v) is 5.32. The van der Waals surface area contributed by atoms with Crippen LogP contribution in [0.15, 0.2) is 6.33 Å². The van der Waals surface area contributed by atoms with Crippen LogP contribution in [0.2, 0.25) is 5.28 Å². The number of fused-ring (bicyclic) bond motifs is 1. The molecule has 0 unspecified atom stereocenters. The molecule has 2 aromatic heterocycles. The van der Waals surface area contributed by atoms with Gasteiger partial charge in [0.15, 0.2) is 23.9 Å². The van der Waals surface area contributed by atoms with Crippen molar-refractivity contribution >= 4 is 28.6 Å². The van der Waals surface area contributed by atoms with Crippen molar-refractivity contribution in [3.63, 3.8) is 0 Å². The lowest BCUT2D eigenvalue weighted by atomic mass is 9.98. The fraction of sp³-hybridized carbons (Fsp3) is 0.545. The lowest BCUT2D eigenvalue weighted by Crippen LogP contribution is -2.48. The van der Waals surface area contributed by atoms with Crippen LogP contribution in [-0.2, 0) is 4.74 Å². The third-order valence-corrected chi connectivity index (χ3v) is 3.87. The van der Waals surface area contributed by atoms with Gasteiger partial charge >= 0.3 is 0 Å². The minimum absolute atomic E-state index is 0.0123. The first-order chi connectivity index (χ1) is 10.4. The fourth-order valence-corrected chi connectivity index (χ4v) is 2.61. The molecular formula is C11H13ClFN5O4. The third-order valence-electron chi connectivity index (χ3n) is 3.70. The van der Waals surface area contributed by atoms with Crippen LogP contribution in [0.1, 0.15) is 6.23 Å². The van der Waals surface area contributed by atoms with E-state index in [-0.39, 0.29) is 22.3 Å². The quantitative estimate of drug-likeness (QED) is 0.525. The summed E-state index contributed by atoms with van der Waals surface area (Å²) >= 11 is 5.73. The van der Waals surface area contributed by atoms with Gasteiger partial charge in [-0.15, -0.1) is 0 Å². The summed E-state index contributed by atoms with van der Waals surface area (Å²) in [7, 11) is 0. The number of aliphatic hydroxyl groups excluding tert-OH is 3. The van der Waals surface area contributed by atoms with E-state index in [0.29, 0.717) is 0 Å². The van der Waals surface area contributed by atoms with Gasteiger partial charge in [0.05, 0.1) is 19.5 Å². The minimum atomic E-state index is -1.92. The topological polar surface area (TPSA) is 140 Å². The lowest BCUT2D eigenvalue weighted by Gasteiger charge is -2.27. The molecule has 2 aromatic rings. The lowest BCUT2D eigenvalue weighted by molar-refractivity contribution is -0.149. The average Bonchev–Trinajstić information content (AvgIpc) is 3.01. The Morgan fingerprint density at radius 3 is 2.68 bits per heavy atom. The second-order valence-electron chi connectivity index (χ2n) is 4.98. The molecule has 11 heteroatoms. The molecule has 5 N–H and O–H groups in total. The molecule has 1 saturated heterocycles. The van der Waals surface area contributed by atoms with Crippen molar-refractivity contribution in [2.75, 3.05) is 18.9 Å². The van der Waals surface area contributed by atoms with Crippen LogP contribution in [0, 0.1) is 0 Å². The molecule has 9 nitrogen and oxygen atoms in total. The van der Waals surface area contributed by atoms with E-state index in [0.717, 1.165) is 0 Å². The number of nitrogens with two attached hydrogens (primary N) is 1. The molecule has 120 valence electrons. The Kier molecular flexibility index (Phi) is 3.65.